The van der Waals surface area contributed by atoms with Crippen LogP contribution in [0.1, 0.15) is 34.3 Å². The predicted octanol–water partition coefficient (Wildman–Crippen LogP) is 4.57. The van der Waals surface area contributed by atoms with Gasteiger partial charge in [-0.2, -0.15) is 0 Å². The highest BCUT2D eigenvalue weighted by molar-refractivity contribution is 6.32. The van der Waals surface area contributed by atoms with Crippen molar-refractivity contribution in [3.05, 3.63) is 74.6 Å². The van der Waals surface area contributed by atoms with Crippen LogP contribution in [0.4, 0.5) is 0 Å². The molecule has 0 bridgehead atoms. The SMILES string of the molecule is Cc1cc(=O)oc2cc(OCc3ccc(C(=O)N4CCCC4)cc3)c(Cl)cc12. The zero-order valence-electron chi connectivity index (χ0n) is 15.5. The summed E-state index contributed by atoms with van der Waals surface area (Å²) in [6, 6.07) is 12.2. The lowest BCUT2D eigenvalue weighted by Crippen LogP contribution is -2.27. The van der Waals surface area contributed by atoms with Crippen LogP contribution in [0.3, 0.4) is 0 Å². The third-order valence-corrected chi connectivity index (χ3v) is 5.29. The molecule has 1 amide bonds. The van der Waals surface area contributed by atoms with Gasteiger partial charge in [0.15, 0.2) is 0 Å². The number of carbonyl (C=O) groups is 1. The Labute approximate surface area is 167 Å². The number of carbonyl (C=O) groups excluding carboxylic acids is 1. The molecule has 0 saturated carbocycles. The van der Waals surface area contributed by atoms with Crippen LogP contribution in [-0.4, -0.2) is 23.9 Å². The number of amides is 1. The van der Waals surface area contributed by atoms with E-state index in [-0.39, 0.29) is 5.91 Å². The number of hydrogen-bond acceptors (Lipinski definition) is 4. The van der Waals surface area contributed by atoms with E-state index < -0.39 is 5.63 Å². The average molecular weight is 398 g/mol. The summed E-state index contributed by atoms with van der Waals surface area (Å²) in [6.07, 6.45) is 2.15. The van der Waals surface area contributed by atoms with Crippen molar-refractivity contribution in [3.63, 3.8) is 0 Å². The second-order valence-corrected chi connectivity index (χ2v) is 7.42. The highest BCUT2D eigenvalue weighted by atomic mass is 35.5. The van der Waals surface area contributed by atoms with Crippen molar-refractivity contribution in [3.8, 4) is 5.75 Å². The van der Waals surface area contributed by atoms with Gasteiger partial charge in [-0.15, -0.1) is 0 Å². The molecule has 2 heterocycles. The molecule has 3 aromatic rings. The normalized spacial score (nSPS) is 13.9. The summed E-state index contributed by atoms with van der Waals surface area (Å²) in [5, 5.41) is 1.23. The first-order valence-corrected chi connectivity index (χ1v) is 9.64. The van der Waals surface area contributed by atoms with E-state index >= 15 is 0 Å². The fourth-order valence-corrected chi connectivity index (χ4v) is 3.66. The van der Waals surface area contributed by atoms with Gasteiger partial charge in [0.25, 0.3) is 5.91 Å². The molecule has 0 N–H and O–H groups in total. The first-order chi connectivity index (χ1) is 13.5. The maximum atomic E-state index is 12.4. The molecule has 0 unspecified atom stereocenters. The number of hydrogen-bond donors (Lipinski definition) is 0. The molecule has 1 aliphatic rings. The standard InChI is InChI=1S/C22H20ClNO4/c1-14-10-21(25)28-19-12-20(18(23)11-17(14)19)27-13-15-4-6-16(7-5-15)22(26)24-8-2-3-9-24/h4-7,10-12H,2-3,8-9,13H2,1H3. The lowest BCUT2D eigenvalue weighted by atomic mass is 10.1. The van der Waals surface area contributed by atoms with Gasteiger partial charge in [0.1, 0.15) is 17.9 Å². The number of fused-ring (bicyclic) bond motifs is 1. The molecular weight excluding hydrogens is 378 g/mol. The van der Waals surface area contributed by atoms with Gasteiger partial charge in [0, 0.05) is 36.2 Å². The Kier molecular flexibility index (Phi) is 5.09. The van der Waals surface area contributed by atoms with Crippen molar-refractivity contribution >= 4 is 28.5 Å². The molecule has 0 radical (unpaired) electrons. The Morgan fingerprint density at radius 3 is 2.57 bits per heavy atom. The highest BCUT2D eigenvalue weighted by Gasteiger charge is 2.19. The minimum absolute atomic E-state index is 0.0768. The lowest BCUT2D eigenvalue weighted by molar-refractivity contribution is 0.0793. The van der Waals surface area contributed by atoms with Crippen molar-refractivity contribution in [2.75, 3.05) is 13.1 Å². The van der Waals surface area contributed by atoms with Gasteiger partial charge < -0.3 is 14.1 Å². The maximum absolute atomic E-state index is 12.4. The maximum Gasteiger partial charge on any atom is 0.336 e. The molecule has 2 aromatic carbocycles. The highest BCUT2D eigenvalue weighted by Crippen LogP contribution is 2.31. The second kappa shape index (κ2) is 7.68. The first kappa shape index (κ1) is 18.6. The molecule has 1 saturated heterocycles. The summed E-state index contributed by atoms with van der Waals surface area (Å²) in [4.78, 5) is 25.9. The molecule has 144 valence electrons. The van der Waals surface area contributed by atoms with Gasteiger partial charge in [-0.25, -0.2) is 4.79 Å². The molecule has 0 spiro atoms. The van der Waals surface area contributed by atoms with Crippen LogP contribution >= 0.6 is 11.6 Å². The summed E-state index contributed by atoms with van der Waals surface area (Å²) in [5.41, 5.74) is 2.44. The van der Waals surface area contributed by atoms with E-state index in [0.29, 0.717) is 28.5 Å². The molecule has 5 nitrogen and oxygen atoms in total. The number of ether oxygens (including phenoxy) is 1. The van der Waals surface area contributed by atoms with Crippen LogP contribution in [0, 0.1) is 6.92 Å². The number of halogens is 1. The molecule has 28 heavy (non-hydrogen) atoms. The van der Waals surface area contributed by atoms with E-state index in [4.69, 9.17) is 20.8 Å². The van der Waals surface area contributed by atoms with Crippen molar-refractivity contribution in [1.82, 2.24) is 4.90 Å². The van der Waals surface area contributed by atoms with E-state index in [1.807, 2.05) is 36.1 Å². The quantitative estimate of drug-likeness (QED) is 0.605. The summed E-state index contributed by atoms with van der Waals surface area (Å²) in [6.45, 7) is 3.79. The Balaban J connectivity index is 1.49. The van der Waals surface area contributed by atoms with Crippen molar-refractivity contribution in [2.24, 2.45) is 0 Å². The summed E-state index contributed by atoms with van der Waals surface area (Å²) in [7, 11) is 0. The molecule has 6 heteroatoms. The molecule has 1 aromatic heterocycles. The molecule has 0 aliphatic carbocycles. The molecule has 0 atom stereocenters. The van der Waals surface area contributed by atoms with Gasteiger partial charge in [-0.05, 0) is 49.1 Å². The van der Waals surface area contributed by atoms with E-state index in [0.717, 1.165) is 42.4 Å². The van der Waals surface area contributed by atoms with Gasteiger partial charge >= 0.3 is 5.63 Å². The fourth-order valence-electron chi connectivity index (χ4n) is 3.44. The van der Waals surface area contributed by atoms with E-state index in [9.17, 15) is 9.59 Å². The lowest BCUT2D eigenvalue weighted by Gasteiger charge is -2.15. The van der Waals surface area contributed by atoms with E-state index in [2.05, 4.69) is 0 Å². The van der Waals surface area contributed by atoms with Crippen LogP contribution in [0.5, 0.6) is 5.75 Å². The van der Waals surface area contributed by atoms with Crippen molar-refractivity contribution in [2.45, 2.75) is 26.4 Å². The molecule has 4 rings (SSSR count). The number of aryl methyl sites for hydroxylation is 1. The topological polar surface area (TPSA) is 59.8 Å². The summed E-state index contributed by atoms with van der Waals surface area (Å²) >= 11 is 6.33. The first-order valence-electron chi connectivity index (χ1n) is 9.26. The van der Waals surface area contributed by atoms with Crippen molar-refractivity contribution < 1.29 is 13.9 Å². The van der Waals surface area contributed by atoms with Gasteiger partial charge in [0.2, 0.25) is 0 Å². The zero-order chi connectivity index (χ0) is 19.7. The zero-order valence-corrected chi connectivity index (χ0v) is 16.3. The Morgan fingerprint density at radius 1 is 1.14 bits per heavy atom. The third kappa shape index (κ3) is 3.76. The Bertz CT molecular complexity index is 1080. The monoisotopic (exact) mass is 397 g/mol. The number of likely N-dealkylation sites (tertiary alicyclic amines) is 1. The van der Waals surface area contributed by atoms with Crippen molar-refractivity contribution in [1.29, 1.82) is 0 Å². The van der Waals surface area contributed by atoms with Crippen LogP contribution in [-0.2, 0) is 6.61 Å². The molecule has 1 fully saturated rings. The minimum Gasteiger partial charge on any atom is -0.487 e. The van der Waals surface area contributed by atoms with Crippen LogP contribution < -0.4 is 10.4 Å². The van der Waals surface area contributed by atoms with Gasteiger partial charge in [0.05, 0.1) is 5.02 Å². The predicted molar refractivity (Wildman–Crippen MR) is 108 cm³/mol. The average Bonchev–Trinajstić information content (AvgIpc) is 3.22. The molecule has 1 aliphatic heterocycles. The smallest absolute Gasteiger partial charge is 0.336 e. The Morgan fingerprint density at radius 2 is 1.86 bits per heavy atom. The fraction of sp³-hybridized carbons (Fsp3) is 0.273. The Hall–Kier alpha value is -2.79. The number of nitrogens with zero attached hydrogens (tertiary/aromatic N) is 1. The third-order valence-electron chi connectivity index (χ3n) is 4.99. The largest absolute Gasteiger partial charge is 0.487 e. The number of benzene rings is 2. The second-order valence-electron chi connectivity index (χ2n) is 7.01. The van der Waals surface area contributed by atoms with Gasteiger partial charge in [-0.1, -0.05) is 23.7 Å². The minimum atomic E-state index is -0.406. The number of rotatable bonds is 4. The van der Waals surface area contributed by atoms with E-state index in [1.165, 1.54) is 6.07 Å². The summed E-state index contributed by atoms with van der Waals surface area (Å²) < 4.78 is 11.1. The van der Waals surface area contributed by atoms with Gasteiger partial charge in [-0.3, -0.25) is 4.79 Å². The summed E-state index contributed by atoms with van der Waals surface area (Å²) in [5.74, 6) is 0.521. The van der Waals surface area contributed by atoms with Crippen LogP contribution in [0.15, 0.2) is 51.7 Å². The molecular formula is C22H20ClNO4. The van der Waals surface area contributed by atoms with Crippen LogP contribution in [0.25, 0.3) is 11.0 Å². The van der Waals surface area contributed by atoms with E-state index in [1.54, 1.807) is 12.1 Å². The van der Waals surface area contributed by atoms with Crippen LogP contribution in [0.2, 0.25) is 5.02 Å².